The standard InChI is InChI=1S/C20H16BrF3N2O2/c1-13(26-19(28)15-7-9-17(21)10-8-15)18(27)25-11-3-5-14-4-2-6-16(12-14)20(22,23)24/h2,4,6-10,12-13H,11H2,1H3,(H,25,27)(H,26,28). The molecule has 146 valence electrons. The maximum Gasteiger partial charge on any atom is 0.416 e. The van der Waals surface area contributed by atoms with Crippen LogP contribution < -0.4 is 10.6 Å². The molecule has 0 aromatic heterocycles. The molecular weight excluding hydrogens is 437 g/mol. The molecule has 8 heteroatoms. The van der Waals surface area contributed by atoms with Crippen LogP contribution in [0, 0.1) is 11.8 Å². The van der Waals surface area contributed by atoms with Crippen LogP contribution in [0.3, 0.4) is 0 Å². The third-order valence-electron chi connectivity index (χ3n) is 3.62. The number of hydrogen-bond acceptors (Lipinski definition) is 2. The van der Waals surface area contributed by atoms with Gasteiger partial charge in [0.25, 0.3) is 5.91 Å². The molecule has 0 heterocycles. The van der Waals surface area contributed by atoms with Crippen molar-refractivity contribution >= 4 is 27.7 Å². The maximum absolute atomic E-state index is 12.7. The average Bonchev–Trinajstić information content (AvgIpc) is 2.65. The Hall–Kier alpha value is -2.79. The van der Waals surface area contributed by atoms with Crippen molar-refractivity contribution in [3.05, 3.63) is 69.7 Å². The highest BCUT2D eigenvalue weighted by molar-refractivity contribution is 9.10. The van der Waals surface area contributed by atoms with E-state index in [1.165, 1.54) is 19.1 Å². The molecule has 4 nitrogen and oxygen atoms in total. The first kappa shape index (κ1) is 21.5. The lowest BCUT2D eigenvalue weighted by Crippen LogP contribution is -2.44. The van der Waals surface area contributed by atoms with Crippen molar-refractivity contribution in [2.45, 2.75) is 19.1 Å². The Morgan fingerprint density at radius 2 is 1.82 bits per heavy atom. The first-order valence-corrected chi connectivity index (χ1v) is 8.96. The molecule has 2 aromatic rings. The highest BCUT2D eigenvalue weighted by Gasteiger charge is 2.30. The molecule has 2 N–H and O–H groups in total. The molecule has 0 spiro atoms. The molecule has 2 aromatic carbocycles. The molecule has 0 bridgehead atoms. The van der Waals surface area contributed by atoms with Crippen LogP contribution in [-0.4, -0.2) is 24.4 Å². The van der Waals surface area contributed by atoms with Crippen molar-refractivity contribution in [2.24, 2.45) is 0 Å². The van der Waals surface area contributed by atoms with Gasteiger partial charge in [-0.15, -0.1) is 0 Å². The Labute approximate surface area is 168 Å². The van der Waals surface area contributed by atoms with Gasteiger partial charge in [-0.2, -0.15) is 13.2 Å². The highest BCUT2D eigenvalue weighted by atomic mass is 79.9. The first-order chi connectivity index (χ1) is 13.2. The maximum atomic E-state index is 12.7. The predicted octanol–water partition coefficient (Wildman–Crippen LogP) is 3.75. The minimum absolute atomic E-state index is 0.0619. The number of nitrogens with one attached hydrogen (secondary N) is 2. The van der Waals surface area contributed by atoms with E-state index in [0.717, 1.165) is 16.6 Å². The predicted molar refractivity (Wildman–Crippen MR) is 102 cm³/mol. The molecule has 0 radical (unpaired) electrons. The van der Waals surface area contributed by atoms with Gasteiger partial charge in [-0.3, -0.25) is 9.59 Å². The molecule has 0 aliphatic heterocycles. The Bertz CT molecular complexity index is 916. The van der Waals surface area contributed by atoms with Crippen LogP contribution in [0.15, 0.2) is 53.0 Å². The van der Waals surface area contributed by atoms with E-state index in [2.05, 4.69) is 38.4 Å². The zero-order valence-corrected chi connectivity index (χ0v) is 16.3. The molecular formula is C20H16BrF3N2O2. The Kier molecular flexibility index (Phi) is 7.24. The normalized spacial score (nSPS) is 11.8. The van der Waals surface area contributed by atoms with Gasteiger partial charge in [-0.25, -0.2) is 0 Å². The fraction of sp³-hybridized carbons (Fsp3) is 0.200. The van der Waals surface area contributed by atoms with E-state index in [0.29, 0.717) is 5.56 Å². The van der Waals surface area contributed by atoms with Crippen molar-refractivity contribution in [3.8, 4) is 11.8 Å². The summed E-state index contributed by atoms with van der Waals surface area (Å²) in [6.07, 6.45) is -4.44. The summed E-state index contributed by atoms with van der Waals surface area (Å²) in [4.78, 5) is 24.1. The SMILES string of the molecule is CC(NC(=O)c1ccc(Br)cc1)C(=O)NCC#Cc1cccc(C(F)(F)F)c1. The van der Waals surface area contributed by atoms with Gasteiger partial charge in [0.1, 0.15) is 6.04 Å². The Balaban J connectivity index is 1.86. The summed E-state index contributed by atoms with van der Waals surface area (Å²) in [6, 6.07) is 10.5. The monoisotopic (exact) mass is 452 g/mol. The summed E-state index contributed by atoms with van der Waals surface area (Å²) >= 11 is 3.27. The minimum Gasteiger partial charge on any atom is -0.343 e. The van der Waals surface area contributed by atoms with E-state index in [-0.39, 0.29) is 12.1 Å². The Morgan fingerprint density at radius 3 is 2.46 bits per heavy atom. The van der Waals surface area contributed by atoms with Crippen LogP contribution in [-0.2, 0) is 11.0 Å². The van der Waals surface area contributed by atoms with Gasteiger partial charge in [0.15, 0.2) is 0 Å². The second-order valence-corrected chi connectivity index (χ2v) is 6.72. The number of hydrogen-bond donors (Lipinski definition) is 2. The quantitative estimate of drug-likeness (QED) is 0.693. The molecule has 0 saturated heterocycles. The molecule has 1 atom stereocenters. The first-order valence-electron chi connectivity index (χ1n) is 8.17. The number of alkyl halides is 3. The molecule has 0 aliphatic rings. The van der Waals surface area contributed by atoms with Crippen LogP contribution >= 0.6 is 15.9 Å². The summed E-state index contributed by atoms with van der Waals surface area (Å²) in [6.45, 7) is 1.46. The summed E-state index contributed by atoms with van der Waals surface area (Å²) in [5.74, 6) is 4.30. The number of halogens is 4. The van der Waals surface area contributed by atoms with Crippen LogP contribution in [0.4, 0.5) is 13.2 Å². The molecule has 2 amide bonds. The third kappa shape index (κ3) is 6.43. The zero-order valence-electron chi connectivity index (χ0n) is 14.7. The molecule has 0 saturated carbocycles. The molecule has 0 fully saturated rings. The summed E-state index contributed by atoms with van der Waals surface area (Å²) < 4.78 is 38.8. The summed E-state index contributed by atoms with van der Waals surface area (Å²) in [5.41, 5.74) is -0.180. The van der Waals surface area contributed by atoms with Crippen molar-refractivity contribution in [3.63, 3.8) is 0 Å². The third-order valence-corrected chi connectivity index (χ3v) is 4.15. The molecule has 1 unspecified atom stereocenters. The fourth-order valence-corrected chi connectivity index (χ4v) is 2.42. The van der Waals surface area contributed by atoms with Gasteiger partial charge in [0.05, 0.1) is 12.1 Å². The topological polar surface area (TPSA) is 58.2 Å². The van der Waals surface area contributed by atoms with Gasteiger partial charge in [-0.05, 0) is 49.4 Å². The minimum atomic E-state index is -4.44. The average molecular weight is 453 g/mol. The number of amides is 2. The largest absolute Gasteiger partial charge is 0.416 e. The van der Waals surface area contributed by atoms with E-state index in [4.69, 9.17) is 0 Å². The number of rotatable bonds is 4. The number of carbonyl (C=O) groups excluding carboxylic acids is 2. The van der Waals surface area contributed by atoms with Gasteiger partial charge in [0, 0.05) is 15.6 Å². The fourth-order valence-electron chi connectivity index (χ4n) is 2.15. The molecule has 2 rings (SSSR count). The van der Waals surface area contributed by atoms with Crippen LogP contribution in [0.2, 0.25) is 0 Å². The zero-order chi connectivity index (χ0) is 20.7. The lowest BCUT2D eigenvalue weighted by Gasteiger charge is -2.13. The van der Waals surface area contributed by atoms with Gasteiger partial charge < -0.3 is 10.6 Å². The number of carbonyl (C=O) groups is 2. The van der Waals surface area contributed by atoms with Crippen LogP contribution in [0.1, 0.15) is 28.4 Å². The van der Waals surface area contributed by atoms with Crippen molar-refractivity contribution < 1.29 is 22.8 Å². The van der Waals surface area contributed by atoms with Crippen molar-refractivity contribution in [1.82, 2.24) is 10.6 Å². The lowest BCUT2D eigenvalue weighted by molar-refractivity contribution is -0.137. The van der Waals surface area contributed by atoms with E-state index < -0.39 is 29.6 Å². The van der Waals surface area contributed by atoms with Gasteiger partial charge in [-0.1, -0.05) is 33.8 Å². The van der Waals surface area contributed by atoms with Gasteiger partial charge >= 0.3 is 6.18 Å². The van der Waals surface area contributed by atoms with Crippen LogP contribution in [0.5, 0.6) is 0 Å². The number of benzene rings is 2. The van der Waals surface area contributed by atoms with E-state index in [9.17, 15) is 22.8 Å². The van der Waals surface area contributed by atoms with Gasteiger partial charge in [0.2, 0.25) is 5.91 Å². The van der Waals surface area contributed by atoms with Crippen molar-refractivity contribution in [2.75, 3.05) is 6.54 Å². The second kappa shape index (κ2) is 9.42. The smallest absolute Gasteiger partial charge is 0.343 e. The highest BCUT2D eigenvalue weighted by Crippen LogP contribution is 2.29. The summed E-state index contributed by atoms with van der Waals surface area (Å²) in [5, 5.41) is 5.07. The van der Waals surface area contributed by atoms with E-state index >= 15 is 0 Å². The van der Waals surface area contributed by atoms with E-state index in [1.54, 1.807) is 24.3 Å². The Morgan fingerprint density at radius 1 is 1.14 bits per heavy atom. The molecule has 28 heavy (non-hydrogen) atoms. The van der Waals surface area contributed by atoms with Crippen LogP contribution in [0.25, 0.3) is 0 Å². The second-order valence-electron chi connectivity index (χ2n) is 5.80. The molecule has 0 aliphatic carbocycles. The van der Waals surface area contributed by atoms with Crippen molar-refractivity contribution in [1.29, 1.82) is 0 Å². The lowest BCUT2D eigenvalue weighted by atomic mass is 10.1. The van der Waals surface area contributed by atoms with E-state index in [1.807, 2.05) is 0 Å². The summed E-state index contributed by atoms with van der Waals surface area (Å²) in [7, 11) is 0.